The van der Waals surface area contributed by atoms with Crippen LogP contribution in [0.2, 0.25) is 0 Å². The van der Waals surface area contributed by atoms with E-state index in [9.17, 15) is 0 Å². The summed E-state index contributed by atoms with van der Waals surface area (Å²) in [5, 5.41) is 11.5. The van der Waals surface area contributed by atoms with Crippen molar-refractivity contribution in [2.24, 2.45) is 0 Å². The van der Waals surface area contributed by atoms with Crippen LogP contribution in [-0.4, -0.2) is 33.2 Å². The van der Waals surface area contributed by atoms with Gasteiger partial charge in [0.15, 0.2) is 0 Å². The quantitative estimate of drug-likeness (QED) is 0.763. The van der Waals surface area contributed by atoms with E-state index in [4.69, 9.17) is 0 Å². The maximum atomic E-state index is 4.21. The van der Waals surface area contributed by atoms with Gasteiger partial charge in [-0.2, -0.15) is 0 Å². The van der Waals surface area contributed by atoms with Gasteiger partial charge in [-0.25, -0.2) is 0 Å². The van der Waals surface area contributed by atoms with Gasteiger partial charge in [-0.15, -0.1) is 32.9 Å². The second-order valence-electron chi connectivity index (χ2n) is 5.12. The lowest BCUT2D eigenvalue weighted by Crippen LogP contribution is -2.19. The van der Waals surface area contributed by atoms with Crippen LogP contribution in [0.25, 0.3) is 10.2 Å². The molecule has 20 heavy (non-hydrogen) atoms. The predicted octanol–water partition coefficient (Wildman–Crippen LogP) is 3.83. The number of halogens is 1. The lowest BCUT2D eigenvalue weighted by atomic mass is 10.1. The van der Waals surface area contributed by atoms with E-state index in [0.29, 0.717) is 5.92 Å². The van der Waals surface area contributed by atoms with Gasteiger partial charge in [0.2, 0.25) is 0 Å². The third-order valence-electron chi connectivity index (χ3n) is 3.76. The van der Waals surface area contributed by atoms with Crippen molar-refractivity contribution in [3.63, 3.8) is 0 Å². The number of thiophene rings is 1. The molecule has 1 fully saturated rings. The second kappa shape index (κ2) is 5.22. The third-order valence-corrected chi connectivity index (χ3v) is 6.47. The van der Waals surface area contributed by atoms with Gasteiger partial charge >= 0.3 is 0 Å². The Hall–Kier alpha value is -0.760. The smallest absolute Gasteiger partial charge is 0.121 e. The summed E-state index contributed by atoms with van der Waals surface area (Å²) in [6.07, 6.45) is 1.19. The van der Waals surface area contributed by atoms with Crippen LogP contribution in [0.15, 0.2) is 21.4 Å². The van der Waals surface area contributed by atoms with Crippen LogP contribution in [0.4, 0.5) is 0 Å². The molecule has 104 valence electrons. The second-order valence-corrected chi connectivity index (χ2v) is 7.75. The number of hydrogen-bond donors (Lipinski definition) is 1. The molecule has 1 unspecified atom stereocenters. The van der Waals surface area contributed by atoms with Crippen LogP contribution in [0.5, 0.6) is 0 Å². The number of rotatable bonds is 3. The predicted molar refractivity (Wildman–Crippen MR) is 86.4 cm³/mol. The minimum absolute atomic E-state index is 0.560. The number of H-pyrrole nitrogens is 1. The first kappa shape index (κ1) is 12.9. The first-order chi connectivity index (χ1) is 9.79. The molecule has 1 saturated heterocycles. The monoisotopic (exact) mass is 368 g/mol. The van der Waals surface area contributed by atoms with Crippen molar-refractivity contribution >= 4 is 48.8 Å². The first-order valence-electron chi connectivity index (χ1n) is 6.52. The number of aromatic amines is 1. The molecule has 0 amide bonds. The van der Waals surface area contributed by atoms with E-state index < -0.39 is 0 Å². The third kappa shape index (κ3) is 2.32. The Labute approximate surface area is 133 Å². The van der Waals surface area contributed by atoms with Crippen LogP contribution in [0, 0.1) is 0 Å². The van der Waals surface area contributed by atoms with Crippen LogP contribution >= 0.6 is 38.6 Å². The molecular formula is C13H13BrN4S2. The SMILES string of the molecule is Brc1csc2cc(CN3CCC(c4nncs4)C3)[nH]c12. The van der Waals surface area contributed by atoms with Gasteiger partial charge in [0.25, 0.3) is 0 Å². The molecule has 1 N–H and O–H groups in total. The molecular weight excluding hydrogens is 356 g/mol. The molecule has 4 nitrogen and oxygen atoms in total. The lowest BCUT2D eigenvalue weighted by Gasteiger charge is -2.14. The van der Waals surface area contributed by atoms with Gasteiger partial charge in [0.1, 0.15) is 10.5 Å². The molecule has 3 aromatic heterocycles. The van der Waals surface area contributed by atoms with E-state index in [1.54, 1.807) is 22.7 Å². The Kier molecular flexibility index (Phi) is 3.37. The topological polar surface area (TPSA) is 44.8 Å². The maximum Gasteiger partial charge on any atom is 0.121 e. The summed E-state index contributed by atoms with van der Waals surface area (Å²) in [6.45, 7) is 3.21. The minimum Gasteiger partial charge on any atom is -0.356 e. The van der Waals surface area contributed by atoms with Crippen LogP contribution in [-0.2, 0) is 6.54 Å². The summed E-state index contributed by atoms with van der Waals surface area (Å²) >= 11 is 7.03. The number of fused-ring (bicyclic) bond motifs is 1. The summed E-state index contributed by atoms with van der Waals surface area (Å²) in [5.74, 6) is 0.560. The Morgan fingerprint density at radius 2 is 2.40 bits per heavy atom. The number of nitrogens with one attached hydrogen (secondary N) is 1. The zero-order valence-electron chi connectivity index (χ0n) is 10.7. The van der Waals surface area contributed by atoms with Gasteiger partial charge in [-0.1, -0.05) is 0 Å². The number of nitrogens with zero attached hydrogens (tertiary/aromatic N) is 3. The Bertz CT molecular complexity index is 718. The van der Waals surface area contributed by atoms with E-state index in [1.807, 2.05) is 5.51 Å². The summed E-state index contributed by atoms with van der Waals surface area (Å²) in [7, 11) is 0. The van der Waals surface area contributed by atoms with Gasteiger partial charge in [0.05, 0.1) is 14.7 Å². The molecule has 1 aliphatic rings. The van der Waals surface area contributed by atoms with Crippen molar-refractivity contribution in [3.05, 3.63) is 32.1 Å². The molecule has 0 radical (unpaired) electrons. The fraction of sp³-hybridized carbons (Fsp3) is 0.385. The van der Waals surface area contributed by atoms with Crippen molar-refractivity contribution in [3.8, 4) is 0 Å². The summed E-state index contributed by atoms with van der Waals surface area (Å²) in [4.78, 5) is 6.01. The van der Waals surface area contributed by atoms with Gasteiger partial charge in [0, 0.05) is 30.1 Å². The molecule has 0 bridgehead atoms. The zero-order valence-corrected chi connectivity index (χ0v) is 13.9. The molecule has 0 spiro atoms. The van der Waals surface area contributed by atoms with Crippen LogP contribution < -0.4 is 0 Å². The number of likely N-dealkylation sites (tertiary alicyclic amines) is 1. The van der Waals surface area contributed by atoms with E-state index in [2.05, 4.69) is 47.5 Å². The summed E-state index contributed by atoms with van der Waals surface area (Å²) in [5.41, 5.74) is 4.35. The fourth-order valence-corrected chi connectivity index (χ4v) is 5.04. The van der Waals surface area contributed by atoms with Crippen LogP contribution in [0.1, 0.15) is 23.0 Å². The zero-order chi connectivity index (χ0) is 13.5. The number of hydrogen-bond acceptors (Lipinski definition) is 5. The standard InChI is InChI=1S/C13H13BrN4S2/c14-10-6-19-11-3-9(16-12(10)11)5-18-2-1-8(4-18)13-17-15-7-20-13/h3,6-8,16H,1-2,4-5H2. The first-order valence-corrected chi connectivity index (χ1v) is 9.08. The van der Waals surface area contributed by atoms with Crippen molar-refractivity contribution in [1.82, 2.24) is 20.1 Å². The molecule has 1 atom stereocenters. The van der Waals surface area contributed by atoms with E-state index in [0.717, 1.165) is 24.1 Å². The van der Waals surface area contributed by atoms with Gasteiger partial charge in [-0.3, -0.25) is 4.90 Å². The van der Waals surface area contributed by atoms with Crippen molar-refractivity contribution in [2.75, 3.05) is 13.1 Å². The van der Waals surface area contributed by atoms with Crippen molar-refractivity contribution < 1.29 is 0 Å². The van der Waals surface area contributed by atoms with E-state index in [1.165, 1.54) is 27.3 Å². The summed E-state index contributed by atoms with van der Waals surface area (Å²) < 4.78 is 2.49. The lowest BCUT2D eigenvalue weighted by molar-refractivity contribution is 0.323. The molecule has 4 rings (SSSR count). The highest BCUT2D eigenvalue weighted by Crippen LogP contribution is 2.32. The van der Waals surface area contributed by atoms with E-state index in [-0.39, 0.29) is 0 Å². The Morgan fingerprint density at radius 3 is 3.20 bits per heavy atom. The highest BCUT2D eigenvalue weighted by molar-refractivity contribution is 9.10. The van der Waals surface area contributed by atoms with Crippen molar-refractivity contribution in [1.29, 1.82) is 0 Å². The van der Waals surface area contributed by atoms with Gasteiger partial charge in [-0.05, 0) is 35.0 Å². The maximum absolute atomic E-state index is 4.21. The Morgan fingerprint density at radius 1 is 1.45 bits per heavy atom. The van der Waals surface area contributed by atoms with E-state index >= 15 is 0 Å². The largest absolute Gasteiger partial charge is 0.356 e. The molecule has 3 aromatic rings. The molecule has 0 aliphatic carbocycles. The average Bonchev–Trinajstić information content (AvgIpc) is 3.17. The molecule has 1 aliphatic heterocycles. The molecule has 0 aromatic carbocycles. The average molecular weight is 369 g/mol. The van der Waals surface area contributed by atoms with Crippen LogP contribution in [0.3, 0.4) is 0 Å². The number of aromatic nitrogens is 3. The highest BCUT2D eigenvalue weighted by Gasteiger charge is 2.26. The van der Waals surface area contributed by atoms with Gasteiger partial charge < -0.3 is 4.98 Å². The molecule has 7 heteroatoms. The van der Waals surface area contributed by atoms with Crippen molar-refractivity contribution in [2.45, 2.75) is 18.9 Å². The fourth-order valence-electron chi connectivity index (χ4n) is 2.80. The highest BCUT2D eigenvalue weighted by atomic mass is 79.9. The normalized spacial score (nSPS) is 20.1. The molecule has 0 saturated carbocycles. The summed E-state index contributed by atoms with van der Waals surface area (Å²) in [6, 6.07) is 2.27. The minimum atomic E-state index is 0.560. The Balaban J connectivity index is 1.47. The molecule has 4 heterocycles.